The van der Waals surface area contributed by atoms with Crippen molar-refractivity contribution in [3.63, 3.8) is 0 Å². The van der Waals surface area contributed by atoms with Crippen molar-refractivity contribution in [1.82, 2.24) is 15.0 Å². The van der Waals surface area contributed by atoms with E-state index in [1.807, 2.05) is 12.1 Å². The third-order valence-electron chi connectivity index (χ3n) is 4.72. The Labute approximate surface area is 151 Å². The van der Waals surface area contributed by atoms with Crippen LogP contribution in [0.3, 0.4) is 0 Å². The Balaban J connectivity index is 1.95. The topological polar surface area (TPSA) is 38.7 Å². The summed E-state index contributed by atoms with van der Waals surface area (Å²) in [7, 11) is 0. The molecule has 0 radical (unpaired) electrons. The van der Waals surface area contributed by atoms with Gasteiger partial charge in [0.25, 0.3) is 0 Å². The molecule has 4 rings (SSSR count). The van der Waals surface area contributed by atoms with Crippen LogP contribution >= 0.6 is 0 Å². The Hall–Kier alpha value is -3.14. The molecule has 0 amide bonds. The summed E-state index contributed by atoms with van der Waals surface area (Å²) in [5.41, 5.74) is 8.68. The van der Waals surface area contributed by atoms with E-state index in [-0.39, 0.29) is 5.82 Å². The fourth-order valence-electron chi connectivity index (χ4n) is 3.13. The number of pyridine rings is 1. The minimum atomic E-state index is -0.260. The summed E-state index contributed by atoms with van der Waals surface area (Å²) in [4.78, 5) is 13.7. The Morgan fingerprint density at radius 3 is 2.27 bits per heavy atom. The van der Waals surface area contributed by atoms with Gasteiger partial charge in [-0.25, -0.2) is 19.3 Å². The molecule has 0 spiro atoms. The predicted octanol–water partition coefficient (Wildman–Crippen LogP) is 5.42. The van der Waals surface area contributed by atoms with Crippen LogP contribution in [-0.2, 0) is 0 Å². The largest absolute Gasteiger partial charge is 0.244 e. The Kier molecular flexibility index (Phi) is 3.96. The van der Waals surface area contributed by atoms with Crippen LogP contribution in [0.2, 0.25) is 0 Å². The molecule has 0 unspecified atom stereocenters. The van der Waals surface area contributed by atoms with Gasteiger partial charge in [-0.15, -0.1) is 0 Å². The Morgan fingerprint density at radius 1 is 0.769 bits per heavy atom. The van der Waals surface area contributed by atoms with Gasteiger partial charge in [0.05, 0.1) is 11.2 Å². The quantitative estimate of drug-likeness (QED) is 0.487. The molecule has 0 saturated carbocycles. The smallest absolute Gasteiger partial charge is 0.123 e. The van der Waals surface area contributed by atoms with Crippen molar-refractivity contribution in [2.45, 2.75) is 20.8 Å². The standard InChI is InChI=1S/C22H18FN3/c1-13-10-15(3)18(11-14(13)2)21-22-20(24-12-25-21)9-8-19(26-22)16-4-6-17(23)7-5-16/h4-12H,1-3H3. The van der Waals surface area contributed by atoms with Gasteiger partial charge < -0.3 is 0 Å². The van der Waals surface area contributed by atoms with Gasteiger partial charge in [-0.3, -0.25) is 0 Å². The van der Waals surface area contributed by atoms with Gasteiger partial charge in [0.15, 0.2) is 0 Å². The molecule has 0 aliphatic rings. The number of benzene rings is 2. The van der Waals surface area contributed by atoms with Crippen LogP contribution in [0.1, 0.15) is 16.7 Å². The Morgan fingerprint density at radius 2 is 1.50 bits per heavy atom. The number of hydrogen-bond acceptors (Lipinski definition) is 3. The van der Waals surface area contributed by atoms with E-state index in [1.54, 1.807) is 18.5 Å². The molecule has 0 aliphatic heterocycles. The lowest BCUT2D eigenvalue weighted by atomic mass is 9.97. The van der Waals surface area contributed by atoms with Crippen molar-refractivity contribution in [2.24, 2.45) is 0 Å². The minimum absolute atomic E-state index is 0.260. The summed E-state index contributed by atoms with van der Waals surface area (Å²) in [5.74, 6) is -0.260. The summed E-state index contributed by atoms with van der Waals surface area (Å²) in [6, 6.07) is 14.5. The minimum Gasteiger partial charge on any atom is -0.244 e. The molecule has 2 heterocycles. The van der Waals surface area contributed by atoms with Gasteiger partial charge in [0.1, 0.15) is 23.4 Å². The zero-order valence-electron chi connectivity index (χ0n) is 14.9. The summed E-state index contributed by atoms with van der Waals surface area (Å²) < 4.78 is 13.2. The van der Waals surface area contributed by atoms with Crippen LogP contribution in [0.4, 0.5) is 4.39 Å². The van der Waals surface area contributed by atoms with Crippen molar-refractivity contribution in [2.75, 3.05) is 0 Å². The monoisotopic (exact) mass is 343 g/mol. The molecule has 0 atom stereocenters. The van der Waals surface area contributed by atoms with E-state index >= 15 is 0 Å². The first-order chi connectivity index (χ1) is 12.5. The molecule has 0 N–H and O–H groups in total. The van der Waals surface area contributed by atoms with Crippen LogP contribution in [-0.4, -0.2) is 15.0 Å². The van der Waals surface area contributed by atoms with Gasteiger partial charge in [-0.2, -0.15) is 0 Å². The fourth-order valence-corrected chi connectivity index (χ4v) is 3.13. The Bertz CT molecular complexity index is 1120. The highest BCUT2D eigenvalue weighted by molar-refractivity contribution is 5.91. The fraction of sp³-hybridized carbons (Fsp3) is 0.136. The second-order valence-corrected chi connectivity index (χ2v) is 6.54. The van der Waals surface area contributed by atoms with Gasteiger partial charge in [-0.05, 0) is 79.9 Å². The van der Waals surface area contributed by atoms with E-state index in [9.17, 15) is 4.39 Å². The first kappa shape index (κ1) is 16.3. The van der Waals surface area contributed by atoms with Gasteiger partial charge in [0, 0.05) is 11.1 Å². The van der Waals surface area contributed by atoms with Crippen LogP contribution in [0.15, 0.2) is 54.9 Å². The molecule has 2 aromatic heterocycles. The third-order valence-corrected chi connectivity index (χ3v) is 4.72. The maximum Gasteiger partial charge on any atom is 0.123 e. The highest BCUT2D eigenvalue weighted by Gasteiger charge is 2.13. The molecule has 0 bridgehead atoms. The second kappa shape index (κ2) is 6.30. The van der Waals surface area contributed by atoms with E-state index in [2.05, 4.69) is 42.9 Å². The molecule has 0 fully saturated rings. The van der Waals surface area contributed by atoms with Crippen LogP contribution in [0.25, 0.3) is 33.5 Å². The van der Waals surface area contributed by atoms with E-state index in [4.69, 9.17) is 4.98 Å². The van der Waals surface area contributed by atoms with Crippen molar-refractivity contribution < 1.29 is 4.39 Å². The average molecular weight is 343 g/mol. The van der Waals surface area contributed by atoms with Crippen molar-refractivity contribution >= 4 is 11.0 Å². The van der Waals surface area contributed by atoms with E-state index < -0.39 is 0 Å². The first-order valence-electron chi connectivity index (χ1n) is 8.49. The molecule has 26 heavy (non-hydrogen) atoms. The lowest BCUT2D eigenvalue weighted by molar-refractivity contribution is 0.628. The van der Waals surface area contributed by atoms with Gasteiger partial charge >= 0.3 is 0 Å². The van der Waals surface area contributed by atoms with Crippen molar-refractivity contribution in [1.29, 1.82) is 0 Å². The summed E-state index contributed by atoms with van der Waals surface area (Å²) in [6.45, 7) is 6.29. The summed E-state index contributed by atoms with van der Waals surface area (Å²) in [5, 5.41) is 0. The lowest BCUT2D eigenvalue weighted by Gasteiger charge is -2.11. The molecular formula is C22H18FN3. The molecule has 4 aromatic rings. The number of fused-ring (bicyclic) bond motifs is 1. The first-order valence-corrected chi connectivity index (χ1v) is 8.49. The van der Waals surface area contributed by atoms with Crippen molar-refractivity contribution in [3.8, 4) is 22.5 Å². The van der Waals surface area contributed by atoms with E-state index in [1.165, 1.54) is 23.3 Å². The molecule has 0 aliphatic carbocycles. The van der Waals surface area contributed by atoms with E-state index in [0.717, 1.165) is 39.1 Å². The lowest BCUT2D eigenvalue weighted by Crippen LogP contribution is -1.96. The molecule has 4 heteroatoms. The highest BCUT2D eigenvalue weighted by Crippen LogP contribution is 2.30. The van der Waals surface area contributed by atoms with Gasteiger partial charge in [-0.1, -0.05) is 6.07 Å². The number of aryl methyl sites for hydroxylation is 3. The molecule has 3 nitrogen and oxygen atoms in total. The third kappa shape index (κ3) is 2.84. The summed E-state index contributed by atoms with van der Waals surface area (Å²) >= 11 is 0. The maximum absolute atomic E-state index is 13.2. The van der Waals surface area contributed by atoms with Gasteiger partial charge in [0.2, 0.25) is 0 Å². The number of hydrogen-bond donors (Lipinski definition) is 0. The van der Waals surface area contributed by atoms with E-state index in [0.29, 0.717) is 0 Å². The van der Waals surface area contributed by atoms with Crippen LogP contribution < -0.4 is 0 Å². The zero-order chi connectivity index (χ0) is 18.3. The van der Waals surface area contributed by atoms with Crippen molar-refractivity contribution in [3.05, 3.63) is 77.4 Å². The second-order valence-electron chi connectivity index (χ2n) is 6.54. The molecular weight excluding hydrogens is 325 g/mol. The number of nitrogens with zero attached hydrogens (tertiary/aromatic N) is 3. The molecule has 0 saturated heterocycles. The molecule has 128 valence electrons. The zero-order valence-corrected chi connectivity index (χ0v) is 14.9. The summed E-state index contributed by atoms with van der Waals surface area (Å²) in [6.07, 6.45) is 1.57. The predicted molar refractivity (Wildman–Crippen MR) is 102 cm³/mol. The maximum atomic E-state index is 13.2. The molecule has 2 aromatic carbocycles. The highest BCUT2D eigenvalue weighted by atomic mass is 19.1. The average Bonchev–Trinajstić information content (AvgIpc) is 2.64. The number of halogens is 1. The van der Waals surface area contributed by atoms with Crippen LogP contribution in [0.5, 0.6) is 0 Å². The number of aromatic nitrogens is 3. The number of rotatable bonds is 2. The normalized spacial score (nSPS) is 11.1. The SMILES string of the molecule is Cc1cc(C)c(-c2ncnc3ccc(-c4ccc(F)cc4)nc23)cc1C. The van der Waals surface area contributed by atoms with Crippen LogP contribution in [0, 0.1) is 26.6 Å².